The molecule has 7 heteroatoms. The molecule has 0 aromatic carbocycles. The summed E-state index contributed by atoms with van der Waals surface area (Å²) in [5.74, 6) is 1.37. The standard InChI is InChI=1S/C18H24N4O2S/c1-12(16-14-5-10-25-15(14)4-9-24-16)20-18(23)22-7-3-13(11-22)17-19-6-8-21(17)2/h5-6,8,10,12-13,16H,3-4,7,9,11H2,1-2H3,(H,20,23). The number of urea groups is 1. The van der Waals surface area contributed by atoms with E-state index in [1.807, 2.05) is 35.8 Å². The fraction of sp³-hybridized carbons (Fsp3) is 0.556. The minimum Gasteiger partial charge on any atom is -0.371 e. The maximum absolute atomic E-state index is 12.7. The topological polar surface area (TPSA) is 59.4 Å². The van der Waals surface area contributed by atoms with Crippen LogP contribution >= 0.6 is 11.3 Å². The molecule has 3 unspecified atom stereocenters. The molecule has 1 fully saturated rings. The Morgan fingerprint density at radius 2 is 2.40 bits per heavy atom. The Morgan fingerprint density at radius 1 is 1.52 bits per heavy atom. The summed E-state index contributed by atoms with van der Waals surface area (Å²) in [4.78, 5) is 20.4. The Hall–Kier alpha value is -1.86. The molecule has 4 heterocycles. The van der Waals surface area contributed by atoms with Gasteiger partial charge in [-0.15, -0.1) is 11.3 Å². The lowest BCUT2D eigenvalue weighted by Gasteiger charge is -2.30. The van der Waals surface area contributed by atoms with Crippen LogP contribution in [0.15, 0.2) is 23.8 Å². The highest BCUT2D eigenvalue weighted by atomic mass is 32.1. The quantitative estimate of drug-likeness (QED) is 0.915. The van der Waals surface area contributed by atoms with Gasteiger partial charge in [0.15, 0.2) is 0 Å². The lowest BCUT2D eigenvalue weighted by atomic mass is 10.0. The number of amides is 2. The van der Waals surface area contributed by atoms with Crippen molar-refractivity contribution in [3.05, 3.63) is 40.1 Å². The molecule has 6 nitrogen and oxygen atoms in total. The average molecular weight is 360 g/mol. The van der Waals surface area contributed by atoms with Gasteiger partial charge in [0.05, 0.1) is 12.6 Å². The zero-order chi connectivity index (χ0) is 17.4. The molecule has 2 aliphatic rings. The van der Waals surface area contributed by atoms with Gasteiger partial charge in [-0.3, -0.25) is 0 Å². The molecule has 3 atom stereocenters. The van der Waals surface area contributed by atoms with Crippen LogP contribution in [0.1, 0.15) is 41.6 Å². The highest BCUT2D eigenvalue weighted by molar-refractivity contribution is 7.10. The van der Waals surface area contributed by atoms with Crippen LogP contribution in [0.5, 0.6) is 0 Å². The highest BCUT2D eigenvalue weighted by Gasteiger charge is 2.32. The second-order valence-electron chi connectivity index (χ2n) is 6.91. The average Bonchev–Trinajstić information content (AvgIpc) is 3.33. The number of likely N-dealkylation sites (tertiary alicyclic amines) is 1. The first-order valence-electron chi connectivity index (χ1n) is 8.84. The summed E-state index contributed by atoms with van der Waals surface area (Å²) in [5, 5.41) is 5.25. The Balaban J connectivity index is 1.37. The maximum atomic E-state index is 12.7. The molecule has 1 saturated heterocycles. The number of hydrogen-bond acceptors (Lipinski definition) is 4. The van der Waals surface area contributed by atoms with Crippen LogP contribution < -0.4 is 5.32 Å². The van der Waals surface area contributed by atoms with Crippen LogP contribution in [0.4, 0.5) is 4.79 Å². The summed E-state index contributed by atoms with van der Waals surface area (Å²) in [6, 6.07) is 2.07. The number of aryl methyl sites for hydroxylation is 1. The number of carbonyl (C=O) groups excluding carboxylic acids is 1. The largest absolute Gasteiger partial charge is 0.371 e. The van der Waals surface area contributed by atoms with E-state index in [0.717, 1.165) is 38.4 Å². The van der Waals surface area contributed by atoms with Gasteiger partial charge in [0.1, 0.15) is 11.9 Å². The Morgan fingerprint density at radius 3 is 3.20 bits per heavy atom. The van der Waals surface area contributed by atoms with Gasteiger partial charge in [0.2, 0.25) is 0 Å². The van der Waals surface area contributed by atoms with E-state index in [0.29, 0.717) is 5.92 Å². The van der Waals surface area contributed by atoms with Crippen molar-refractivity contribution in [2.45, 2.75) is 37.8 Å². The Labute approximate surface area is 151 Å². The van der Waals surface area contributed by atoms with Crippen molar-refractivity contribution in [3.63, 3.8) is 0 Å². The number of nitrogens with zero attached hydrogens (tertiary/aromatic N) is 3. The number of thiophene rings is 1. The van der Waals surface area contributed by atoms with Crippen LogP contribution in [0.2, 0.25) is 0 Å². The maximum Gasteiger partial charge on any atom is 0.317 e. The molecule has 0 bridgehead atoms. The molecule has 2 amide bonds. The lowest BCUT2D eigenvalue weighted by Crippen LogP contribution is -2.46. The molecule has 2 aromatic heterocycles. The fourth-order valence-electron chi connectivity index (χ4n) is 3.88. The zero-order valence-corrected chi connectivity index (χ0v) is 15.5. The summed E-state index contributed by atoms with van der Waals surface area (Å²) in [6.07, 6.45) is 5.66. The number of ether oxygens (including phenoxy) is 1. The van der Waals surface area contributed by atoms with Gasteiger partial charge in [-0.05, 0) is 30.4 Å². The van der Waals surface area contributed by atoms with Crippen molar-refractivity contribution in [2.24, 2.45) is 7.05 Å². The summed E-state index contributed by atoms with van der Waals surface area (Å²) in [6.45, 7) is 4.24. The third kappa shape index (κ3) is 3.18. The molecule has 0 saturated carbocycles. The van der Waals surface area contributed by atoms with Crippen molar-refractivity contribution < 1.29 is 9.53 Å². The van der Waals surface area contributed by atoms with Crippen LogP contribution in [0.25, 0.3) is 0 Å². The second kappa shape index (κ2) is 6.80. The highest BCUT2D eigenvalue weighted by Crippen LogP contribution is 2.33. The van der Waals surface area contributed by atoms with E-state index < -0.39 is 0 Å². The van der Waals surface area contributed by atoms with Gasteiger partial charge in [-0.2, -0.15) is 0 Å². The smallest absolute Gasteiger partial charge is 0.317 e. The van der Waals surface area contributed by atoms with Crippen LogP contribution in [-0.2, 0) is 18.2 Å². The van der Waals surface area contributed by atoms with Crippen molar-refractivity contribution >= 4 is 17.4 Å². The first-order valence-corrected chi connectivity index (χ1v) is 9.72. The summed E-state index contributed by atoms with van der Waals surface area (Å²) < 4.78 is 7.99. The van der Waals surface area contributed by atoms with E-state index in [1.54, 1.807) is 11.3 Å². The van der Waals surface area contributed by atoms with Gasteiger partial charge < -0.3 is 19.5 Å². The minimum absolute atomic E-state index is 0.00448. The van der Waals surface area contributed by atoms with E-state index in [4.69, 9.17) is 4.74 Å². The van der Waals surface area contributed by atoms with Crippen molar-refractivity contribution in [3.8, 4) is 0 Å². The molecule has 2 aliphatic heterocycles. The van der Waals surface area contributed by atoms with E-state index in [1.165, 1.54) is 10.4 Å². The number of imidazole rings is 1. The van der Waals surface area contributed by atoms with Crippen LogP contribution in [0, 0.1) is 0 Å². The summed E-state index contributed by atoms with van der Waals surface area (Å²) in [7, 11) is 2.01. The number of aromatic nitrogens is 2. The molecule has 2 aromatic rings. The third-order valence-electron chi connectivity index (χ3n) is 5.22. The van der Waals surface area contributed by atoms with Crippen molar-refractivity contribution in [1.82, 2.24) is 19.8 Å². The predicted octanol–water partition coefficient (Wildman–Crippen LogP) is 2.68. The monoisotopic (exact) mass is 360 g/mol. The van der Waals surface area contributed by atoms with E-state index >= 15 is 0 Å². The van der Waals surface area contributed by atoms with Gasteiger partial charge >= 0.3 is 6.03 Å². The molecule has 0 aliphatic carbocycles. The van der Waals surface area contributed by atoms with Gasteiger partial charge in [0.25, 0.3) is 0 Å². The minimum atomic E-state index is -0.0492. The van der Waals surface area contributed by atoms with E-state index in [2.05, 4.69) is 21.7 Å². The summed E-state index contributed by atoms with van der Waals surface area (Å²) >= 11 is 1.78. The number of nitrogens with one attached hydrogen (secondary N) is 1. The zero-order valence-electron chi connectivity index (χ0n) is 14.6. The van der Waals surface area contributed by atoms with Crippen LogP contribution in [-0.4, -0.2) is 46.2 Å². The van der Waals surface area contributed by atoms with Crippen LogP contribution in [0.3, 0.4) is 0 Å². The molecule has 1 N–H and O–H groups in total. The summed E-state index contributed by atoms with van der Waals surface area (Å²) in [5.41, 5.74) is 1.23. The van der Waals surface area contributed by atoms with Gasteiger partial charge in [-0.25, -0.2) is 9.78 Å². The Bertz CT molecular complexity index is 756. The third-order valence-corrected chi connectivity index (χ3v) is 6.21. The number of fused-ring (bicyclic) bond motifs is 1. The molecular formula is C18H24N4O2S. The molecule has 25 heavy (non-hydrogen) atoms. The van der Waals surface area contributed by atoms with E-state index in [-0.39, 0.29) is 18.2 Å². The molecule has 0 radical (unpaired) electrons. The second-order valence-corrected chi connectivity index (χ2v) is 7.91. The fourth-order valence-corrected chi connectivity index (χ4v) is 4.78. The van der Waals surface area contributed by atoms with Crippen molar-refractivity contribution in [1.29, 1.82) is 0 Å². The first kappa shape index (κ1) is 16.6. The molecule has 4 rings (SSSR count). The molecule has 0 spiro atoms. The normalized spacial score (nSPS) is 24.2. The van der Waals surface area contributed by atoms with Crippen molar-refractivity contribution in [2.75, 3.05) is 19.7 Å². The lowest BCUT2D eigenvalue weighted by molar-refractivity contribution is 0.0223. The predicted molar refractivity (Wildman–Crippen MR) is 96.8 cm³/mol. The number of hydrogen-bond donors (Lipinski definition) is 1. The molecule has 134 valence electrons. The van der Waals surface area contributed by atoms with Gasteiger partial charge in [-0.1, -0.05) is 0 Å². The molecular weight excluding hydrogens is 336 g/mol. The number of carbonyl (C=O) groups is 1. The SMILES string of the molecule is CC(NC(=O)N1CCC(c2nccn2C)C1)C1OCCc2sccc21. The van der Waals surface area contributed by atoms with Gasteiger partial charge in [0, 0.05) is 49.7 Å². The Kier molecular flexibility index (Phi) is 4.52. The number of rotatable bonds is 3. The van der Waals surface area contributed by atoms with E-state index in [9.17, 15) is 4.79 Å². The first-order chi connectivity index (χ1) is 12.1.